The number of hydrogen-bond acceptors (Lipinski definition) is 3. The summed E-state index contributed by atoms with van der Waals surface area (Å²) >= 11 is 5.59. The van der Waals surface area contributed by atoms with Gasteiger partial charge >= 0.3 is 5.97 Å². The summed E-state index contributed by atoms with van der Waals surface area (Å²) in [5, 5.41) is 0. The van der Waals surface area contributed by atoms with Gasteiger partial charge in [0.05, 0.1) is 0 Å². The minimum atomic E-state index is -0.424. The molecule has 0 unspecified atom stereocenters. The first-order chi connectivity index (χ1) is 10.1. The van der Waals surface area contributed by atoms with Gasteiger partial charge in [-0.25, -0.2) is 9.79 Å². The Hall–Kier alpha value is -1.47. The van der Waals surface area contributed by atoms with Crippen LogP contribution < -0.4 is 0 Å². The third kappa shape index (κ3) is 3.41. The lowest BCUT2D eigenvalue weighted by atomic mass is 10.2. The molecule has 104 valence electrons. The second-order valence-electron chi connectivity index (χ2n) is 4.40. The van der Waals surface area contributed by atoms with Crippen LogP contribution in [0.2, 0.25) is 0 Å². The Morgan fingerprint density at radius 1 is 1.14 bits per heavy atom. The van der Waals surface area contributed by atoms with Crippen molar-refractivity contribution in [3.05, 3.63) is 73.4 Å². The van der Waals surface area contributed by atoms with Crippen LogP contribution in [0, 0.1) is 3.57 Å². The highest BCUT2D eigenvalue weighted by atomic mass is 127. The van der Waals surface area contributed by atoms with Gasteiger partial charge in [0, 0.05) is 13.6 Å². The van der Waals surface area contributed by atoms with E-state index in [1.165, 1.54) is 0 Å². The number of esters is 1. The van der Waals surface area contributed by atoms with Crippen molar-refractivity contribution in [3.8, 4) is 0 Å². The van der Waals surface area contributed by atoms with E-state index in [9.17, 15) is 4.79 Å². The van der Waals surface area contributed by atoms with Crippen LogP contribution in [-0.4, -0.2) is 11.9 Å². The summed E-state index contributed by atoms with van der Waals surface area (Å²) in [6, 6.07) is 15.3. The van der Waals surface area contributed by atoms with Crippen molar-refractivity contribution < 1.29 is 9.53 Å². The van der Waals surface area contributed by atoms with Crippen LogP contribution in [0.3, 0.4) is 0 Å². The largest absolute Gasteiger partial charge is 0.402 e. The number of hydrogen-bond donors (Lipinski definition) is 0. The lowest BCUT2D eigenvalue weighted by Crippen LogP contribution is -2.05. The molecule has 0 aliphatic carbocycles. The molecule has 3 rings (SSSR count). The number of ether oxygens (including phenoxy) is 1. The highest BCUT2D eigenvalue weighted by Crippen LogP contribution is 2.21. The standard InChI is InChI=1S/C16H9BrINO2/c17-12-6-4-10(5-7-12)8-14-16(20)21-15(19-14)11-2-1-3-13(18)9-11/h1-9H/b14-8-. The molecule has 0 saturated carbocycles. The Labute approximate surface area is 144 Å². The molecule has 0 aromatic heterocycles. The van der Waals surface area contributed by atoms with Crippen LogP contribution in [0.5, 0.6) is 0 Å². The minimum absolute atomic E-state index is 0.311. The van der Waals surface area contributed by atoms with Crippen molar-refractivity contribution in [1.29, 1.82) is 0 Å². The molecular formula is C16H9BrINO2. The molecule has 0 saturated heterocycles. The summed E-state index contributed by atoms with van der Waals surface area (Å²) in [5.74, 6) is -0.0753. The van der Waals surface area contributed by atoms with Crippen molar-refractivity contribution in [3.63, 3.8) is 0 Å². The predicted octanol–water partition coefficient (Wildman–Crippen LogP) is 4.40. The molecule has 21 heavy (non-hydrogen) atoms. The Morgan fingerprint density at radius 2 is 1.90 bits per heavy atom. The van der Waals surface area contributed by atoms with Gasteiger partial charge in [0.15, 0.2) is 5.70 Å². The number of cyclic esters (lactones) is 1. The summed E-state index contributed by atoms with van der Waals surface area (Å²) in [4.78, 5) is 16.2. The molecular weight excluding hydrogens is 445 g/mol. The van der Waals surface area contributed by atoms with Gasteiger partial charge in [-0.15, -0.1) is 0 Å². The molecule has 0 bridgehead atoms. The number of halogens is 2. The molecule has 0 spiro atoms. The Bertz CT molecular complexity index is 766. The van der Waals surface area contributed by atoms with E-state index in [2.05, 4.69) is 43.5 Å². The average molecular weight is 454 g/mol. The van der Waals surface area contributed by atoms with Crippen LogP contribution >= 0.6 is 38.5 Å². The van der Waals surface area contributed by atoms with Gasteiger partial charge in [-0.05, 0) is 64.6 Å². The molecule has 0 fully saturated rings. The molecule has 2 aromatic carbocycles. The highest BCUT2D eigenvalue weighted by Gasteiger charge is 2.24. The van der Waals surface area contributed by atoms with Crippen molar-refractivity contribution in [2.45, 2.75) is 0 Å². The van der Waals surface area contributed by atoms with E-state index in [1.807, 2.05) is 48.5 Å². The zero-order chi connectivity index (χ0) is 14.8. The van der Waals surface area contributed by atoms with Gasteiger partial charge in [0.2, 0.25) is 5.90 Å². The van der Waals surface area contributed by atoms with E-state index in [1.54, 1.807) is 6.08 Å². The maximum atomic E-state index is 11.9. The monoisotopic (exact) mass is 453 g/mol. The van der Waals surface area contributed by atoms with E-state index in [4.69, 9.17) is 4.74 Å². The maximum Gasteiger partial charge on any atom is 0.363 e. The summed E-state index contributed by atoms with van der Waals surface area (Å²) in [7, 11) is 0. The van der Waals surface area contributed by atoms with Crippen LogP contribution in [-0.2, 0) is 9.53 Å². The summed E-state index contributed by atoms with van der Waals surface area (Å²) < 4.78 is 7.29. The lowest BCUT2D eigenvalue weighted by molar-refractivity contribution is -0.129. The summed E-state index contributed by atoms with van der Waals surface area (Å²) in [6.07, 6.45) is 1.72. The molecule has 2 aromatic rings. The number of nitrogens with zero attached hydrogens (tertiary/aromatic N) is 1. The third-order valence-electron chi connectivity index (χ3n) is 2.87. The fraction of sp³-hybridized carbons (Fsp3) is 0. The summed E-state index contributed by atoms with van der Waals surface area (Å²) in [6.45, 7) is 0. The number of aliphatic imine (C=N–C) groups is 1. The van der Waals surface area contributed by atoms with Gasteiger partial charge in [-0.2, -0.15) is 0 Å². The van der Waals surface area contributed by atoms with Crippen molar-refractivity contribution in [2.24, 2.45) is 4.99 Å². The topological polar surface area (TPSA) is 38.7 Å². The Morgan fingerprint density at radius 3 is 2.62 bits per heavy atom. The van der Waals surface area contributed by atoms with E-state index in [0.29, 0.717) is 11.6 Å². The molecule has 0 amide bonds. The molecule has 0 radical (unpaired) electrons. The predicted molar refractivity (Wildman–Crippen MR) is 93.9 cm³/mol. The Balaban J connectivity index is 1.93. The first kappa shape index (κ1) is 14.5. The lowest BCUT2D eigenvalue weighted by Gasteiger charge is -1.99. The normalized spacial score (nSPS) is 16.0. The fourth-order valence-electron chi connectivity index (χ4n) is 1.87. The van der Waals surface area contributed by atoms with Crippen LogP contribution in [0.4, 0.5) is 0 Å². The average Bonchev–Trinajstić information content (AvgIpc) is 2.83. The second kappa shape index (κ2) is 6.11. The van der Waals surface area contributed by atoms with Crippen molar-refractivity contribution in [2.75, 3.05) is 0 Å². The van der Waals surface area contributed by atoms with Crippen LogP contribution in [0.1, 0.15) is 11.1 Å². The second-order valence-corrected chi connectivity index (χ2v) is 6.56. The van der Waals surface area contributed by atoms with Crippen molar-refractivity contribution in [1.82, 2.24) is 0 Å². The summed E-state index contributed by atoms with van der Waals surface area (Å²) in [5.41, 5.74) is 2.01. The van der Waals surface area contributed by atoms with E-state index in [0.717, 1.165) is 19.2 Å². The molecule has 1 heterocycles. The van der Waals surface area contributed by atoms with Gasteiger partial charge in [0.25, 0.3) is 0 Å². The number of carbonyl (C=O) groups is 1. The molecule has 1 aliphatic heterocycles. The number of carbonyl (C=O) groups excluding carboxylic acids is 1. The molecule has 0 N–H and O–H groups in total. The van der Waals surface area contributed by atoms with Crippen LogP contribution in [0.25, 0.3) is 6.08 Å². The molecule has 3 nitrogen and oxygen atoms in total. The quantitative estimate of drug-likeness (QED) is 0.384. The SMILES string of the molecule is O=C1OC(c2cccc(I)c2)=N/C1=C\c1ccc(Br)cc1. The first-order valence-electron chi connectivity index (χ1n) is 6.16. The minimum Gasteiger partial charge on any atom is -0.402 e. The Kier molecular flexibility index (Phi) is 4.21. The van der Waals surface area contributed by atoms with Gasteiger partial charge < -0.3 is 4.74 Å². The maximum absolute atomic E-state index is 11.9. The van der Waals surface area contributed by atoms with Gasteiger partial charge in [0.1, 0.15) is 0 Å². The third-order valence-corrected chi connectivity index (χ3v) is 4.07. The van der Waals surface area contributed by atoms with Gasteiger partial charge in [-0.1, -0.05) is 34.1 Å². The fourth-order valence-corrected chi connectivity index (χ4v) is 2.68. The molecule has 0 atom stereocenters. The van der Waals surface area contributed by atoms with E-state index < -0.39 is 5.97 Å². The van der Waals surface area contributed by atoms with E-state index >= 15 is 0 Å². The first-order valence-corrected chi connectivity index (χ1v) is 8.03. The van der Waals surface area contributed by atoms with E-state index in [-0.39, 0.29) is 0 Å². The number of benzene rings is 2. The zero-order valence-electron chi connectivity index (χ0n) is 10.7. The van der Waals surface area contributed by atoms with Gasteiger partial charge in [-0.3, -0.25) is 0 Å². The van der Waals surface area contributed by atoms with Crippen molar-refractivity contribution >= 4 is 56.5 Å². The highest BCUT2D eigenvalue weighted by molar-refractivity contribution is 14.1. The molecule has 5 heteroatoms. The zero-order valence-corrected chi connectivity index (χ0v) is 14.5. The van der Waals surface area contributed by atoms with Crippen LogP contribution in [0.15, 0.2) is 63.7 Å². The number of rotatable bonds is 2. The molecule has 1 aliphatic rings. The smallest absolute Gasteiger partial charge is 0.363 e.